The lowest BCUT2D eigenvalue weighted by Gasteiger charge is -2.10. The highest BCUT2D eigenvalue weighted by atomic mass is 16.5. The van der Waals surface area contributed by atoms with Gasteiger partial charge in [0, 0.05) is 5.69 Å². The minimum absolute atomic E-state index is 0.102. The molecule has 0 fully saturated rings. The monoisotopic (exact) mass is 284 g/mol. The molecule has 0 aromatic heterocycles. The van der Waals surface area contributed by atoms with E-state index < -0.39 is 5.97 Å². The number of hydrogen-bond acceptors (Lipinski definition) is 3. The van der Waals surface area contributed by atoms with Crippen LogP contribution in [0.3, 0.4) is 0 Å². The van der Waals surface area contributed by atoms with Gasteiger partial charge in [-0.1, -0.05) is 12.1 Å². The SMILES string of the molecule is [CH2]c1ccc(OC)c(C(=O)Nc2cccc(C(=O)O)c2)c1. The highest BCUT2D eigenvalue weighted by Crippen LogP contribution is 2.21. The van der Waals surface area contributed by atoms with E-state index in [2.05, 4.69) is 12.2 Å². The maximum absolute atomic E-state index is 12.3. The molecule has 0 bridgehead atoms. The Hall–Kier alpha value is -2.82. The van der Waals surface area contributed by atoms with Crippen molar-refractivity contribution in [3.05, 3.63) is 66.1 Å². The van der Waals surface area contributed by atoms with Gasteiger partial charge in [-0.3, -0.25) is 4.79 Å². The molecule has 0 heterocycles. The number of methoxy groups -OCH3 is 1. The third-order valence-corrected chi connectivity index (χ3v) is 2.88. The van der Waals surface area contributed by atoms with Crippen LogP contribution in [-0.4, -0.2) is 24.1 Å². The van der Waals surface area contributed by atoms with Crippen LogP contribution in [-0.2, 0) is 0 Å². The number of hydrogen-bond donors (Lipinski definition) is 2. The third-order valence-electron chi connectivity index (χ3n) is 2.88. The number of carbonyl (C=O) groups is 2. The van der Waals surface area contributed by atoms with Crippen molar-refractivity contribution in [2.24, 2.45) is 0 Å². The first-order chi connectivity index (χ1) is 10.0. The molecule has 0 aliphatic carbocycles. The number of carboxylic acid groups (broad SMARTS) is 1. The zero-order chi connectivity index (χ0) is 15.4. The first kappa shape index (κ1) is 14.6. The predicted octanol–water partition coefficient (Wildman–Crippen LogP) is 2.83. The highest BCUT2D eigenvalue weighted by molar-refractivity contribution is 6.06. The van der Waals surface area contributed by atoms with E-state index >= 15 is 0 Å². The Kier molecular flexibility index (Phi) is 4.23. The van der Waals surface area contributed by atoms with Crippen LogP contribution in [0, 0.1) is 6.92 Å². The lowest BCUT2D eigenvalue weighted by Crippen LogP contribution is -2.14. The van der Waals surface area contributed by atoms with Crippen molar-refractivity contribution in [3.8, 4) is 5.75 Å². The van der Waals surface area contributed by atoms with E-state index in [0.717, 1.165) is 0 Å². The van der Waals surface area contributed by atoms with E-state index in [0.29, 0.717) is 22.6 Å². The van der Waals surface area contributed by atoms with Gasteiger partial charge >= 0.3 is 5.97 Å². The van der Waals surface area contributed by atoms with Crippen LogP contribution >= 0.6 is 0 Å². The standard InChI is InChI=1S/C16H14NO4/c1-10-6-7-14(21-2)13(8-10)15(18)17-12-5-3-4-11(9-12)16(19)20/h3-9H,1H2,2H3,(H,17,18)(H,19,20). The zero-order valence-corrected chi connectivity index (χ0v) is 11.4. The van der Waals surface area contributed by atoms with Gasteiger partial charge in [0.15, 0.2) is 0 Å². The van der Waals surface area contributed by atoms with E-state index in [-0.39, 0.29) is 11.5 Å². The topological polar surface area (TPSA) is 75.6 Å². The molecule has 2 N–H and O–H groups in total. The molecule has 2 aromatic carbocycles. The molecule has 107 valence electrons. The Bertz CT molecular complexity index is 694. The number of amides is 1. The summed E-state index contributed by atoms with van der Waals surface area (Å²) in [5.74, 6) is -1.02. The van der Waals surface area contributed by atoms with E-state index in [9.17, 15) is 9.59 Å². The molecule has 0 spiro atoms. The van der Waals surface area contributed by atoms with Crippen LogP contribution in [0.2, 0.25) is 0 Å². The Morgan fingerprint density at radius 3 is 2.62 bits per heavy atom. The number of rotatable bonds is 4. The van der Waals surface area contributed by atoms with Gasteiger partial charge in [0.05, 0.1) is 18.2 Å². The summed E-state index contributed by atoms with van der Waals surface area (Å²) < 4.78 is 5.14. The molecule has 21 heavy (non-hydrogen) atoms. The maximum Gasteiger partial charge on any atom is 0.335 e. The smallest absolute Gasteiger partial charge is 0.335 e. The second-order valence-corrected chi connectivity index (χ2v) is 4.37. The van der Waals surface area contributed by atoms with Crippen LogP contribution in [0.1, 0.15) is 26.3 Å². The average molecular weight is 284 g/mol. The molecule has 2 rings (SSSR count). The second kappa shape index (κ2) is 6.09. The first-order valence-corrected chi connectivity index (χ1v) is 6.16. The van der Waals surface area contributed by atoms with Gasteiger partial charge in [-0.25, -0.2) is 4.79 Å². The maximum atomic E-state index is 12.3. The molecule has 1 amide bonds. The van der Waals surface area contributed by atoms with Gasteiger partial charge in [-0.15, -0.1) is 0 Å². The average Bonchev–Trinajstić information content (AvgIpc) is 2.47. The molecule has 0 atom stereocenters. The van der Waals surface area contributed by atoms with Crippen molar-refractivity contribution in [3.63, 3.8) is 0 Å². The van der Waals surface area contributed by atoms with Gasteiger partial charge in [-0.05, 0) is 42.8 Å². The fourth-order valence-electron chi connectivity index (χ4n) is 1.86. The minimum Gasteiger partial charge on any atom is -0.496 e. The molecule has 1 radical (unpaired) electrons. The van der Waals surface area contributed by atoms with Gasteiger partial charge < -0.3 is 15.2 Å². The van der Waals surface area contributed by atoms with Crippen molar-refractivity contribution in [1.29, 1.82) is 0 Å². The van der Waals surface area contributed by atoms with E-state index in [1.165, 1.54) is 19.2 Å². The van der Waals surface area contributed by atoms with E-state index in [4.69, 9.17) is 9.84 Å². The highest BCUT2D eigenvalue weighted by Gasteiger charge is 2.13. The molecular formula is C16H14NO4. The molecule has 5 nitrogen and oxygen atoms in total. The Morgan fingerprint density at radius 1 is 1.19 bits per heavy atom. The lowest BCUT2D eigenvalue weighted by molar-refractivity contribution is 0.0696. The number of nitrogens with one attached hydrogen (secondary N) is 1. The van der Waals surface area contributed by atoms with Crippen molar-refractivity contribution in [1.82, 2.24) is 0 Å². The van der Waals surface area contributed by atoms with Crippen molar-refractivity contribution >= 4 is 17.6 Å². The van der Waals surface area contributed by atoms with Crippen molar-refractivity contribution in [2.75, 3.05) is 12.4 Å². The number of carbonyl (C=O) groups excluding carboxylic acids is 1. The Morgan fingerprint density at radius 2 is 1.95 bits per heavy atom. The molecule has 0 aliphatic heterocycles. The van der Waals surface area contributed by atoms with Gasteiger partial charge in [0.2, 0.25) is 0 Å². The van der Waals surface area contributed by atoms with Gasteiger partial charge in [0.1, 0.15) is 5.75 Å². The van der Waals surface area contributed by atoms with E-state index in [1.807, 2.05) is 0 Å². The number of ether oxygens (including phenoxy) is 1. The fourth-order valence-corrected chi connectivity index (χ4v) is 1.86. The molecule has 0 saturated carbocycles. The third kappa shape index (κ3) is 3.39. The molecule has 0 aliphatic rings. The predicted molar refractivity (Wildman–Crippen MR) is 78.8 cm³/mol. The van der Waals surface area contributed by atoms with Crippen LogP contribution in [0.5, 0.6) is 5.75 Å². The van der Waals surface area contributed by atoms with Crippen LogP contribution in [0.15, 0.2) is 42.5 Å². The summed E-state index contributed by atoms with van der Waals surface area (Å²) in [4.78, 5) is 23.2. The normalized spacial score (nSPS) is 10.0. The number of anilines is 1. The summed E-state index contributed by atoms with van der Waals surface area (Å²) in [6, 6.07) is 11.0. The van der Waals surface area contributed by atoms with Gasteiger partial charge in [0.25, 0.3) is 5.91 Å². The molecule has 0 saturated heterocycles. The largest absolute Gasteiger partial charge is 0.496 e. The van der Waals surface area contributed by atoms with Crippen molar-refractivity contribution in [2.45, 2.75) is 0 Å². The van der Waals surface area contributed by atoms with Crippen molar-refractivity contribution < 1.29 is 19.4 Å². The van der Waals surface area contributed by atoms with Crippen LogP contribution < -0.4 is 10.1 Å². The summed E-state index contributed by atoms with van der Waals surface area (Å²) in [7, 11) is 1.47. The molecule has 2 aromatic rings. The summed E-state index contributed by atoms with van der Waals surface area (Å²) in [5, 5.41) is 11.6. The number of carboxylic acids is 1. The lowest BCUT2D eigenvalue weighted by atomic mass is 10.1. The quantitative estimate of drug-likeness (QED) is 0.905. The summed E-state index contributed by atoms with van der Waals surface area (Å²) in [6.07, 6.45) is 0. The Labute approximate surface area is 122 Å². The zero-order valence-electron chi connectivity index (χ0n) is 11.4. The number of aromatic carboxylic acids is 1. The molecule has 0 unspecified atom stereocenters. The summed E-state index contributed by atoms with van der Waals surface area (Å²) in [5.41, 5.74) is 1.52. The van der Waals surface area contributed by atoms with E-state index in [1.54, 1.807) is 30.3 Å². The Balaban J connectivity index is 2.28. The van der Waals surface area contributed by atoms with Crippen LogP contribution in [0.4, 0.5) is 5.69 Å². The molecular weight excluding hydrogens is 270 g/mol. The van der Waals surface area contributed by atoms with Gasteiger partial charge in [-0.2, -0.15) is 0 Å². The summed E-state index contributed by atoms with van der Waals surface area (Å²) in [6.45, 7) is 3.77. The molecule has 5 heteroatoms. The minimum atomic E-state index is -1.05. The second-order valence-electron chi connectivity index (χ2n) is 4.37. The first-order valence-electron chi connectivity index (χ1n) is 6.16. The number of benzene rings is 2. The fraction of sp³-hybridized carbons (Fsp3) is 0.0625. The summed E-state index contributed by atoms with van der Waals surface area (Å²) >= 11 is 0. The van der Waals surface area contributed by atoms with Crippen LogP contribution in [0.25, 0.3) is 0 Å².